The van der Waals surface area contributed by atoms with Crippen LogP contribution in [-0.4, -0.2) is 60.0 Å². The molecule has 1 atom stereocenters. The SMILES string of the molecule is CCC(C(=O)NCCN1CCCOC1=O)N1Cc2ccccc2C1=O. The molecule has 2 heterocycles. The molecule has 7 nitrogen and oxygen atoms in total. The summed E-state index contributed by atoms with van der Waals surface area (Å²) in [6.45, 7) is 4.21. The lowest BCUT2D eigenvalue weighted by Crippen LogP contribution is -2.49. The molecule has 0 radical (unpaired) electrons. The van der Waals surface area contributed by atoms with Crippen molar-refractivity contribution in [2.24, 2.45) is 0 Å². The molecule has 0 spiro atoms. The summed E-state index contributed by atoms with van der Waals surface area (Å²) in [6, 6.07) is 6.94. The van der Waals surface area contributed by atoms with Gasteiger partial charge in [-0.05, 0) is 24.5 Å². The number of nitrogens with zero attached hydrogens (tertiary/aromatic N) is 2. The Bertz CT molecular complexity index is 676. The molecule has 2 aliphatic rings. The number of amides is 3. The molecule has 134 valence electrons. The highest BCUT2D eigenvalue weighted by molar-refractivity contribution is 6.01. The molecule has 2 aliphatic heterocycles. The van der Waals surface area contributed by atoms with E-state index in [0.717, 1.165) is 12.0 Å². The number of fused-ring (bicyclic) bond motifs is 1. The average molecular weight is 345 g/mol. The maximum Gasteiger partial charge on any atom is 0.409 e. The van der Waals surface area contributed by atoms with E-state index in [0.29, 0.717) is 44.8 Å². The summed E-state index contributed by atoms with van der Waals surface area (Å²) >= 11 is 0. The second-order valence-corrected chi connectivity index (χ2v) is 6.26. The van der Waals surface area contributed by atoms with Gasteiger partial charge in [0.1, 0.15) is 6.04 Å². The van der Waals surface area contributed by atoms with Crippen molar-refractivity contribution < 1.29 is 19.1 Å². The Balaban J connectivity index is 1.55. The highest BCUT2D eigenvalue weighted by Crippen LogP contribution is 2.25. The smallest absolute Gasteiger partial charge is 0.409 e. The van der Waals surface area contributed by atoms with Crippen molar-refractivity contribution in [1.29, 1.82) is 0 Å². The normalized spacial score (nSPS) is 18.0. The van der Waals surface area contributed by atoms with Crippen LogP contribution in [0, 0.1) is 0 Å². The molecule has 1 N–H and O–H groups in total. The Morgan fingerprint density at radius 3 is 2.84 bits per heavy atom. The predicted octanol–water partition coefficient (Wildman–Crippen LogP) is 1.38. The van der Waals surface area contributed by atoms with Gasteiger partial charge < -0.3 is 19.9 Å². The second-order valence-electron chi connectivity index (χ2n) is 6.26. The monoisotopic (exact) mass is 345 g/mol. The number of rotatable bonds is 6. The number of cyclic esters (lactones) is 1. The van der Waals surface area contributed by atoms with E-state index < -0.39 is 6.04 Å². The van der Waals surface area contributed by atoms with E-state index in [9.17, 15) is 14.4 Å². The largest absolute Gasteiger partial charge is 0.449 e. The highest BCUT2D eigenvalue weighted by Gasteiger charge is 2.35. The fourth-order valence-electron chi connectivity index (χ4n) is 3.31. The van der Waals surface area contributed by atoms with Crippen molar-refractivity contribution in [3.63, 3.8) is 0 Å². The third-order valence-corrected chi connectivity index (χ3v) is 4.65. The van der Waals surface area contributed by atoms with Crippen molar-refractivity contribution in [3.05, 3.63) is 35.4 Å². The molecule has 1 unspecified atom stereocenters. The van der Waals surface area contributed by atoms with Gasteiger partial charge in [-0.2, -0.15) is 0 Å². The van der Waals surface area contributed by atoms with Crippen LogP contribution in [0.2, 0.25) is 0 Å². The van der Waals surface area contributed by atoms with E-state index in [-0.39, 0.29) is 17.9 Å². The van der Waals surface area contributed by atoms with E-state index in [1.54, 1.807) is 15.9 Å². The molecule has 25 heavy (non-hydrogen) atoms. The van der Waals surface area contributed by atoms with E-state index >= 15 is 0 Å². The van der Waals surface area contributed by atoms with Crippen LogP contribution >= 0.6 is 0 Å². The Morgan fingerprint density at radius 1 is 1.32 bits per heavy atom. The summed E-state index contributed by atoms with van der Waals surface area (Å²) < 4.78 is 4.97. The van der Waals surface area contributed by atoms with Crippen LogP contribution < -0.4 is 5.32 Å². The number of ether oxygens (including phenoxy) is 1. The molecule has 0 saturated carbocycles. The molecule has 0 aliphatic carbocycles. The van der Waals surface area contributed by atoms with E-state index in [4.69, 9.17) is 4.74 Å². The van der Waals surface area contributed by atoms with Gasteiger partial charge in [0.25, 0.3) is 5.91 Å². The molecule has 1 aromatic carbocycles. The van der Waals surface area contributed by atoms with Crippen LogP contribution in [-0.2, 0) is 16.1 Å². The fourth-order valence-corrected chi connectivity index (χ4v) is 3.31. The van der Waals surface area contributed by atoms with Gasteiger partial charge >= 0.3 is 6.09 Å². The lowest BCUT2D eigenvalue weighted by molar-refractivity contribution is -0.125. The summed E-state index contributed by atoms with van der Waals surface area (Å²) in [4.78, 5) is 39.9. The molecule has 1 saturated heterocycles. The third-order valence-electron chi connectivity index (χ3n) is 4.65. The Morgan fingerprint density at radius 2 is 2.12 bits per heavy atom. The van der Waals surface area contributed by atoms with Crippen LogP contribution in [0.1, 0.15) is 35.7 Å². The number of hydrogen-bond donors (Lipinski definition) is 1. The van der Waals surface area contributed by atoms with Crippen LogP contribution in [0.25, 0.3) is 0 Å². The van der Waals surface area contributed by atoms with Crippen LogP contribution in [0.3, 0.4) is 0 Å². The minimum Gasteiger partial charge on any atom is -0.449 e. The molecule has 7 heteroatoms. The minimum atomic E-state index is -0.506. The number of hydrogen-bond acceptors (Lipinski definition) is 4. The fraction of sp³-hybridized carbons (Fsp3) is 0.500. The first-order valence-electron chi connectivity index (χ1n) is 8.70. The number of nitrogens with one attached hydrogen (secondary N) is 1. The summed E-state index contributed by atoms with van der Waals surface area (Å²) in [5.74, 6) is -0.286. The van der Waals surface area contributed by atoms with Gasteiger partial charge in [-0.3, -0.25) is 9.59 Å². The van der Waals surface area contributed by atoms with E-state index in [1.807, 2.05) is 25.1 Å². The topological polar surface area (TPSA) is 79.0 Å². The summed E-state index contributed by atoms with van der Waals surface area (Å²) in [5, 5.41) is 2.84. The molecule has 0 aromatic heterocycles. The zero-order valence-electron chi connectivity index (χ0n) is 14.4. The first kappa shape index (κ1) is 17.3. The summed E-state index contributed by atoms with van der Waals surface area (Å²) in [7, 11) is 0. The Labute approximate surface area is 146 Å². The predicted molar refractivity (Wildman–Crippen MR) is 90.9 cm³/mol. The summed E-state index contributed by atoms with van der Waals surface area (Å²) in [5.41, 5.74) is 1.62. The third kappa shape index (κ3) is 3.60. The van der Waals surface area contributed by atoms with Crippen LogP contribution in [0.4, 0.5) is 4.79 Å². The van der Waals surface area contributed by atoms with Crippen LogP contribution in [0.5, 0.6) is 0 Å². The highest BCUT2D eigenvalue weighted by atomic mass is 16.6. The van der Waals surface area contributed by atoms with Crippen LogP contribution in [0.15, 0.2) is 24.3 Å². The molecule has 1 aromatic rings. The number of carbonyl (C=O) groups excluding carboxylic acids is 3. The average Bonchev–Trinajstić information content (AvgIpc) is 2.94. The number of carbonyl (C=O) groups is 3. The molecule has 1 fully saturated rings. The lowest BCUT2D eigenvalue weighted by Gasteiger charge is -2.28. The number of benzene rings is 1. The van der Waals surface area contributed by atoms with Crippen molar-refractivity contribution in [3.8, 4) is 0 Å². The quantitative estimate of drug-likeness (QED) is 0.845. The standard InChI is InChI=1S/C18H23N3O4/c1-2-15(21-12-13-6-3-4-7-14(13)17(21)23)16(22)19-8-10-20-9-5-11-25-18(20)24/h3-4,6-7,15H,2,5,8-12H2,1H3,(H,19,22). The molecular weight excluding hydrogens is 322 g/mol. The van der Waals surface area contributed by atoms with Gasteiger partial charge in [-0.1, -0.05) is 25.1 Å². The molecule has 3 amide bonds. The van der Waals surface area contributed by atoms with Gasteiger partial charge in [0.05, 0.1) is 6.61 Å². The Hall–Kier alpha value is -2.57. The summed E-state index contributed by atoms with van der Waals surface area (Å²) in [6.07, 6.45) is 1.01. The van der Waals surface area contributed by atoms with Crippen molar-refractivity contribution in [2.45, 2.75) is 32.4 Å². The van der Waals surface area contributed by atoms with Gasteiger partial charge in [0.2, 0.25) is 5.91 Å². The molecule has 3 rings (SSSR count). The Kier molecular flexibility index (Phi) is 5.21. The second kappa shape index (κ2) is 7.55. The van der Waals surface area contributed by atoms with Gasteiger partial charge in [0.15, 0.2) is 0 Å². The zero-order valence-corrected chi connectivity index (χ0v) is 14.4. The van der Waals surface area contributed by atoms with Gasteiger partial charge in [-0.15, -0.1) is 0 Å². The van der Waals surface area contributed by atoms with Gasteiger partial charge in [-0.25, -0.2) is 4.79 Å². The first-order chi connectivity index (χ1) is 12.1. The van der Waals surface area contributed by atoms with Crippen molar-refractivity contribution in [2.75, 3.05) is 26.2 Å². The van der Waals surface area contributed by atoms with E-state index in [2.05, 4.69) is 5.32 Å². The zero-order chi connectivity index (χ0) is 17.8. The first-order valence-corrected chi connectivity index (χ1v) is 8.70. The lowest BCUT2D eigenvalue weighted by atomic mass is 10.1. The molecule has 0 bridgehead atoms. The maximum absolute atomic E-state index is 12.5. The van der Waals surface area contributed by atoms with Gasteiger partial charge in [0, 0.05) is 31.7 Å². The van der Waals surface area contributed by atoms with E-state index in [1.165, 1.54) is 0 Å². The molecular formula is C18H23N3O4. The van der Waals surface area contributed by atoms with Crippen molar-refractivity contribution >= 4 is 17.9 Å². The minimum absolute atomic E-state index is 0.0998. The van der Waals surface area contributed by atoms with Crippen molar-refractivity contribution in [1.82, 2.24) is 15.1 Å². The maximum atomic E-state index is 12.5.